The first-order valence-corrected chi connectivity index (χ1v) is 11.8. The van der Waals surface area contributed by atoms with Gasteiger partial charge in [0.1, 0.15) is 18.0 Å². The molecule has 1 aromatic carbocycles. The van der Waals surface area contributed by atoms with E-state index in [-0.39, 0.29) is 11.9 Å². The van der Waals surface area contributed by atoms with Crippen LogP contribution in [0.2, 0.25) is 10.0 Å². The molecule has 4 heterocycles. The van der Waals surface area contributed by atoms with E-state index in [9.17, 15) is 18.0 Å². The molecule has 0 radical (unpaired) electrons. The third-order valence-corrected chi connectivity index (χ3v) is 6.36. The minimum atomic E-state index is -5.03. The molecule has 1 fully saturated rings. The summed E-state index contributed by atoms with van der Waals surface area (Å²) in [6, 6.07) is 7.19. The standard InChI is InChI=1S/C22H18Cl2F3N9O/c23-11-3-4-13(15(24)8-11)19-32-20(21-33-29-10-36(21)34-19)35-7-1-2-12(9-35)30-16-6-5-14(18(28)31-16)17(37)22(25,26)27/h3-6,8,10,12H,1-2,7,9H2,(H3,28,30,31). The van der Waals surface area contributed by atoms with E-state index < -0.39 is 23.3 Å². The summed E-state index contributed by atoms with van der Waals surface area (Å²) in [5, 5.41) is 16.6. The number of halogens is 5. The highest BCUT2D eigenvalue weighted by Crippen LogP contribution is 2.31. The van der Waals surface area contributed by atoms with E-state index in [2.05, 4.69) is 25.6 Å². The van der Waals surface area contributed by atoms with Crippen LogP contribution < -0.4 is 16.0 Å². The first kappa shape index (κ1) is 25.0. The molecule has 37 heavy (non-hydrogen) atoms. The highest BCUT2D eigenvalue weighted by molar-refractivity contribution is 6.36. The molecule has 0 spiro atoms. The van der Waals surface area contributed by atoms with Crippen molar-refractivity contribution in [2.24, 2.45) is 0 Å². The number of hydrogen-bond acceptors (Lipinski definition) is 9. The number of nitrogens with two attached hydrogens (primary N) is 1. The quantitative estimate of drug-likeness (QED) is 0.349. The summed E-state index contributed by atoms with van der Waals surface area (Å²) < 4.78 is 39.8. The number of nitrogens with one attached hydrogen (secondary N) is 1. The van der Waals surface area contributed by atoms with Gasteiger partial charge < -0.3 is 16.0 Å². The Bertz CT molecular complexity index is 1490. The summed E-state index contributed by atoms with van der Waals surface area (Å²) in [5.74, 6) is -1.37. The van der Waals surface area contributed by atoms with Gasteiger partial charge in [0, 0.05) is 29.7 Å². The molecule has 3 N–H and O–H groups in total. The van der Waals surface area contributed by atoms with Crippen LogP contribution in [0.25, 0.3) is 17.0 Å². The molecule has 3 aromatic heterocycles. The lowest BCUT2D eigenvalue weighted by Crippen LogP contribution is -2.43. The van der Waals surface area contributed by atoms with Gasteiger partial charge in [-0.05, 0) is 43.2 Å². The zero-order valence-corrected chi connectivity index (χ0v) is 20.4. The maximum absolute atomic E-state index is 12.8. The van der Waals surface area contributed by atoms with Crippen LogP contribution in [0, 0.1) is 0 Å². The van der Waals surface area contributed by atoms with Crippen LogP contribution in [0.15, 0.2) is 36.7 Å². The Morgan fingerprint density at radius 3 is 2.70 bits per heavy atom. The van der Waals surface area contributed by atoms with Crippen molar-refractivity contribution < 1.29 is 18.0 Å². The first-order chi connectivity index (χ1) is 17.6. The molecular formula is C22H18Cl2F3N9O. The predicted molar refractivity (Wildman–Crippen MR) is 132 cm³/mol. The lowest BCUT2D eigenvalue weighted by atomic mass is 10.1. The SMILES string of the molecule is Nc1nc(NC2CCCN(c3nc(-c4ccc(Cl)cc4Cl)nn4cnnc34)C2)ccc1C(=O)C(F)(F)F. The number of carbonyl (C=O) groups excluding carboxylic acids is 1. The zero-order valence-electron chi connectivity index (χ0n) is 18.9. The second-order valence-electron chi connectivity index (χ2n) is 8.37. The number of nitrogen functional groups attached to an aromatic ring is 1. The Balaban J connectivity index is 1.40. The highest BCUT2D eigenvalue weighted by atomic mass is 35.5. The Labute approximate surface area is 217 Å². The van der Waals surface area contributed by atoms with Gasteiger partial charge in [0.15, 0.2) is 11.6 Å². The molecule has 0 saturated carbocycles. The highest BCUT2D eigenvalue weighted by Gasteiger charge is 2.40. The van der Waals surface area contributed by atoms with Crippen LogP contribution >= 0.6 is 23.2 Å². The maximum Gasteiger partial charge on any atom is 0.455 e. The van der Waals surface area contributed by atoms with Crippen molar-refractivity contribution in [2.75, 3.05) is 29.0 Å². The molecule has 0 aliphatic carbocycles. The number of rotatable bonds is 5. The average Bonchev–Trinajstić information content (AvgIpc) is 3.31. The topological polar surface area (TPSA) is 127 Å². The molecule has 0 amide bonds. The van der Waals surface area contributed by atoms with Crippen LogP contribution in [0.5, 0.6) is 0 Å². The van der Waals surface area contributed by atoms with Crippen LogP contribution in [0.4, 0.5) is 30.6 Å². The van der Waals surface area contributed by atoms with Gasteiger partial charge in [0.05, 0.1) is 10.6 Å². The fourth-order valence-electron chi connectivity index (χ4n) is 4.12. The second kappa shape index (κ2) is 9.63. The van der Waals surface area contributed by atoms with Crippen molar-refractivity contribution >= 4 is 52.1 Å². The second-order valence-corrected chi connectivity index (χ2v) is 9.21. The number of hydrogen-bond donors (Lipinski definition) is 2. The van der Waals surface area contributed by atoms with Crippen molar-refractivity contribution in [3.63, 3.8) is 0 Å². The summed E-state index contributed by atoms with van der Waals surface area (Å²) in [6.07, 6.45) is -2.04. The van der Waals surface area contributed by atoms with Crippen LogP contribution in [0.1, 0.15) is 23.2 Å². The van der Waals surface area contributed by atoms with Crippen LogP contribution in [-0.2, 0) is 0 Å². The van der Waals surface area contributed by atoms with Crippen molar-refractivity contribution in [2.45, 2.75) is 25.1 Å². The number of pyridine rings is 1. The van der Waals surface area contributed by atoms with Crippen molar-refractivity contribution in [1.29, 1.82) is 0 Å². The van der Waals surface area contributed by atoms with E-state index in [1.807, 2.05) is 4.90 Å². The van der Waals surface area contributed by atoms with Crippen molar-refractivity contribution in [1.82, 2.24) is 29.8 Å². The molecule has 1 atom stereocenters. The van der Waals surface area contributed by atoms with E-state index >= 15 is 0 Å². The van der Waals surface area contributed by atoms with Gasteiger partial charge in [-0.3, -0.25) is 4.79 Å². The lowest BCUT2D eigenvalue weighted by Gasteiger charge is -2.34. The molecule has 1 aliphatic heterocycles. The third kappa shape index (κ3) is 5.09. The Kier molecular flexibility index (Phi) is 6.50. The smallest absolute Gasteiger partial charge is 0.383 e. The number of benzene rings is 1. The van der Waals surface area contributed by atoms with Gasteiger partial charge in [-0.15, -0.1) is 15.3 Å². The zero-order chi connectivity index (χ0) is 26.3. The van der Waals surface area contributed by atoms with Crippen LogP contribution in [-0.4, -0.2) is 60.9 Å². The Hall–Kier alpha value is -3.71. The number of fused-ring (bicyclic) bond motifs is 1. The molecule has 1 aliphatic rings. The maximum atomic E-state index is 12.8. The predicted octanol–water partition coefficient (Wildman–Crippen LogP) is 4.30. The van der Waals surface area contributed by atoms with Gasteiger partial charge in [0.2, 0.25) is 5.65 Å². The van der Waals surface area contributed by atoms with E-state index in [1.165, 1.54) is 16.9 Å². The monoisotopic (exact) mass is 551 g/mol. The van der Waals surface area contributed by atoms with Crippen LogP contribution in [0.3, 0.4) is 0 Å². The molecular weight excluding hydrogens is 534 g/mol. The normalized spacial score (nSPS) is 16.2. The van der Waals surface area contributed by atoms with E-state index in [0.717, 1.165) is 18.9 Å². The summed E-state index contributed by atoms with van der Waals surface area (Å²) >= 11 is 12.4. The van der Waals surface area contributed by atoms with Crippen molar-refractivity contribution in [3.8, 4) is 11.4 Å². The Morgan fingerprint density at radius 2 is 1.97 bits per heavy atom. The van der Waals surface area contributed by atoms with Gasteiger partial charge in [-0.2, -0.15) is 17.7 Å². The molecule has 15 heteroatoms. The summed E-state index contributed by atoms with van der Waals surface area (Å²) in [7, 11) is 0. The number of anilines is 3. The molecule has 1 unspecified atom stereocenters. The summed E-state index contributed by atoms with van der Waals surface area (Å²) in [6.45, 7) is 1.14. The summed E-state index contributed by atoms with van der Waals surface area (Å²) in [4.78, 5) is 22.2. The summed E-state index contributed by atoms with van der Waals surface area (Å²) in [5.41, 5.74) is 6.00. The largest absolute Gasteiger partial charge is 0.455 e. The number of alkyl halides is 3. The lowest BCUT2D eigenvalue weighted by molar-refractivity contribution is -0.0884. The number of carbonyl (C=O) groups is 1. The van der Waals surface area contributed by atoms with Gasteiger partial charge >= 0.3 is 6.18 Å². The number of aromatic nitrogens is 6. The number of Topliss-reactive ketones (excluding diaryl/α,β-unsaturated/α-hetero) is 1. The minimum absolute atomic E-state index is 0.148. The molecule has 5 rings (SSSR count). The number of piperidine rings is 1. The van der Waals surface area contributed by atoms with E-state index in [4.69, 9.17) is 33.9 Å². The molecule has 1 saturated heterocycles. The van der Waals surface area contributed by atoms with E-state index in [1.54, 1.807) is 18.2 Å². The molecule has 192 valence electrons. The first-order valence-electron chi connectivity index (χ1n) is 11.0. The van der Waals surface area contributed by atoms with Crippen molar-refractivity contribution in [3.05, 3.63) is 52.3 Å². The molecule has 10 nitrogen and oxygen atoms in total. The number of nitrogens with zero attached hydrogens (tertiary/aromatic N) is 7. The fourth-order valence-corrected chi connectivity index (χ4v) is 4.61. The number of ketones is 1. The molecule has 0 bridgehead atoms. The van der Waals surface area contributed by atoms with Gasteiger partial charge in [0.25, 0.3) is 5.78 Å². The third-order valence-electron chi connectivity index (χ3n) is 5.82. The van der Waals surface area contributed by atoms with E-state index in [0.29, 0.717) is 46.0 Å². The molecule has 4 aromatic rings. The minimum Gasteiger partial charge on any atom is -0.383 e. The van der Waals surface area contributed by atoms with Gasteiger partial charge in [-0.1, -0.05) is 23.2 Å². The Morgan fingerprint density at radius 1 is 1.16 bits per heavy atom. The average molecular weight is 552 g/mol. The van der Waals surface area contributed by atoms with Gasteiger partial charge in [-0.25, -0.2) is 9.97 Å². The fraction of sp³-hybridized carbons (Fsp3) is 0.273.